The molecule has 1 aliphatic heterocycles. The highest BCUT2D eigenvalue weighted by Gasteiger charge is 2.31. The van der Waals surface area contributed by atoms with E-state index in [2.05, 4.69) is 15.4 Å². The van der Waals surface area contributed by atoms with Gasteiger partial charge in [-0.3, -0.25) is 9.69 Å². The maximum atomic E-state index is 12.3. The minimum Gasteiger partial charge on any atom is -0.406 e. The van der Waals surface area contributed by atoms with E-state index >= 15 is 0 Å². The number of hydrogen-bond acceptors (Lipinski definition) is 4. The van der Waals surface area contributed by atoms with E-state index in [4.69, 9.17) is 0 Å². The number of halogens is 3. The van der Waals surface area contributed by atoms with E-state index in [0.717, 1.165) is 18.6 Å². The molecule has 2 N–H and O–H groups in total. The molecule has 0 saturated carbocycles. The van der Waals surface area contributed by atoms with Crippen LogP contribution in [0.3, 0.4) is 0 Å². The van der Waals surface area contributed by atoms with E-state index < -0.39 is 6.36 Å². The summed E-state index contributed by atoms with van der Waals surface area (Å²) >= 11 is 0. The Morgan fingerprint density at radius 1 is 1.14 bits per heavy atom. The number of nitrogens with one attached hydrogen (secondary N) is 2. The molecule has 0 unspecified atom stereocenters. The second-order valence-corrected chi connectivity index (χ2v) is 6.64. The van der Waals surface area contributed by atoms with Gasteiger partial charge in [0, 0.05) is 37.9 Å². The van der Waals surface area contributed by atoms with Crippen molar-refractivity contribution in [2.24, 2.45) is 0 Å². The fraction of sp³-hybridized carbons (Fsp3) is 0.556. The summed E-state index contributed by atoms with van der Waals surface area (Å²) in [5, 5.41) is 5.55. The first-order valence-electron chi connectivity index (χ1n) is 9.09. The van der Waals surface area contributed by atoms with Crippen LogP contribution >= 0.6 is 0 Å². The molecule has 1 aromatic rings. The van der Waals surface area contributed by atoms with Gasteiger partial charge in [0.1, 0.15) is 5.75 Å². The second-order valence-electron chi connectivity index (χ2n) is 6.64. The molecule has 1 heterocycles. The Morgan fingerprint density at radius 2 is 1.75 bits per heavy atom. The quantitative estimate of drug-likeness (QED) is 0.767. The largest absolute Gasteiger partial charge is 0.573 e. The molecular weight excluding hydrogens is 377 g/mol. The Labute approximate surface area is 161 Å². The van der Waals surface area contributed by atoms with Crippen LogP contribution < -0.4 is 15.4 Å². The lowest BCUT2D eigenvalue weighted by atomic mass is 10.2. The SMILES string of the molecule is CC[C@@H](C)NC(=O)CN1CCN(C(=O)Nc2ccc(OC(F)(F)F)cc2)CC1. The van der Waals surface area contributed by atoms with E-state index in [1.807, 2.05) is 18.7 Å². The predicted octanol–water partition coefficient (Wildman–Crippen LogP) is 2.65. The van der Waals surface area contributed by atoms with Gasteiger partial charge in [0.2, 0.25) is 5.91 Å². The van der Waals surface area contributed by atoms with Crippen molar-refractivity contribution in [2.75, 3.05) is 38.0 Å². The number of anilines is 1. The summed E-state index contributed by atoms with van der Waals surface area (Å²) < 4.78 is 40.3. The number of alkyl halides is 3. The molecule has 1 fully saturated rings. The molecule has 1 aromatic carbocycles. The standard InChI is InChI=1S/C18H25F3N4O3/c1-3-13(2)22-16(26)12-24-8-10-25(11-9-24)17(27)23-14-4-6-15(7-5-14)28-18(19,20)21/h4-7,13H,3,8-12H2,1-2H3,(H,22,26)(H,23,27)/t13-/m1/s1. The average molecular weight is 402 g/mol. The maximum absolute atomic E-state index is 12.3. The summed E-state index contributed by atoms with van der Waals surface area (Å²) in [4.78, 5) is 27.8. The Morgan fingerprint density at radius 3 is 2.29 bits per heavy atom. The van der Waals surface area contributed by atoms with Gasteiger partial charge < -0.3 is 20.3 Å². The predicted molar refractivity (Wildman–Crippen MR) is 98.1 cm³/mol. The van der Waals surface area contributed by atoms with Gasteiger partial charge in [-0.2, -0.15) is 0 Å². The zero-order valence-electron chi connectivity index (χ0n) is 15.9. The van der Waals surface area contributed by atoms with E-state index in [1.54, 1.807) is 4.90 Å². The van der Waals surface area contributed by atoms with Gasteiger partial charge in [-0.15, -0.1) is 13.2 Å². The van der Waals surface area contributed by atoms with Crippen LogP contribution in [0.1, 0.15) is 20.3 Å². The highest BCUT2D eigenvalue weighted by molar-refractivity contribution is 5.89. The monoisotopic (exact) mass is 402 g/mol. The number of hydrogen-bond donors (Lipinski definition) is 2. The zero-order valence-corrected chi connectivity index (χ0v) is 15.9. The number of nitrogens with zero attached hydrogens (tertiary/aromatic N) is 2. The lowest BCUT2D eigenvalue weighted by Crippen LogP contribution is -2.52. The molecule has 0 spiro atoms. The van der Waals surface area contributed by atoms with Crippen molar-refractivity contribution in [2.45, 2.75) is 32.7 Å². The van der Waals surface area contributed by atoms with Crippen LogP contribution in [0.4, 0.5) is 23.7 Å². The average Bonchev–Trinajstić information content (AvgIpc) is 2.62. The van der Waals surface area contributed by atoms with Crippen LogP contribution in [0.5, 0.6) is 5.75 Å². The van der Waals surface area contributed by atoms with Gasteiger partial charge in [0.15, 0.2) is 0 Å². The first-order valence-corrected chi connectivity index (χ1v) is 9.09. The fourth-order valence-electron chi connectivity index (χ4n) is 2.68. The molecule has 7 nitrogen and oxygen atoms in total. The van der Waals surface area contributed by atoms with Crippen molar-refractivity contribution < 1.29 is 27.5 Å². The third kappa shape index (κ3) is 7.26. The fourth-order valence-corrected chi connectivity index (χ4v) is 2.68. The van der Waals surface area contributed by atoms with Crippen LogP contribution in [0.25, 0.3) is 0 Å². The summed E-state index contributed by atoms with van der Waals surface area (Å²) in [5.74, 6) is -0.386. The summed E-state index contributed by atoms with van der Waals surface area (Å²) in [6, 6.07) is 4.75. The number of urea groups is 1. The lowest BCUT2D eigenvalue weighted by molar-refractivity contribution is -0.274. The lowest BCUT2D eigenvalue weighted by Gasteiger charge is -2.34. The van der Waals surface area contributed by atoms with Crippen LogP contribution in [0.2, 0.25) is 0 Å². The van der Waals surface area contributed by atoms with Crippen molar-refractivity contribution in [1.82, 2.24) is 15.1 Å². The van der Waals surface area contributed by atoms with Gasteiger partial charge in [-0.05, 0) is 37.6 Å². The number of carbonyl (C=O) groups excluding carboxylic acids is 2. The smallest absolute Gasteiger partial charge is 0.406 e. The first kappa shape index (κ1) is 21.8. The van der Waals surface area contributed by atoms with Crippen molar-refractivity contribution in [1.29, 1.82) is 0 Å². The maximum Gasteiger partial charge on any atom is 0.573 e. The molecular formula is C18H25F3N4O3. The number of benzene rings is 1. The Hall–Kier alpha value is -2.49. The molecule has 0 radical (unpaired) electrons. The Bertz CT molecular complexity index is 659. The molecule has 2 rings (SSSR count). The van der Waals surface area contributed by atoms with E-state index in [1.165, 1.54) is 12.1 Å². The molecule has 10 heteroatoms. The normalized spacial score (nSPS) is 16.4. The highest BCUT2D eigenvalue weighted by Crippen LogP contribution is 2.24. The van der Waals surface area contributed by atoms with Gasteiger partial charge in [0.25, 0.3) is 0 Å². The van der Waals surface area contributed by atoms with E-state index in [0.29, 0.717) is 38.4 Å². The van der Waals surface area contributed by atoms with Gasteiger partial charge in [-0.25, -0.2) is 4.79 Å². The third-order valence-electron chi connectivity index (χ3n) is 4.39. The summed E-state index contributed by atoms with van der Waals surface area (Å²) in [6.07, 6.45) is -3.89. The second kappa shape index (κ2) is 9.63. The third-order valence-corrected chi connectivity index (χ3v) is 4.39. The molecule has 1 atom stereocenters. The number of amides is 3. The number of rotatable bonds is 6. The van der Waals surface area contributed by atoms with Crippen LogP contribution in [-0.4, -0.2) is 66.9 Å². The topological polar surface area (TPSA) is 73.9 Å². The molecule has 28 heavy (non-hydrogen) atoms. The molecule has 0 aromatic heterocycles. The first-order chi connectivity index (χ1) is 13.2. The number of carbonyl (C=O) groups is 2. The van der Waals surface area contributed by atoms with Crippen molar-refractivity contribution in [3.63, 3.8) is 0 Å². The van der Waals surface area contributed by atoms with Gasteiger partial charge in [0.05, 0.1) is 6.54 Å². The summed E-state index contributed by atoms with van der Waals surface area (Å²) in [6.45, 7) is 6.29. The van der Waals surface area contributed by atoms with Crippen molar-refractivity contribution in [3.8, 4) is 5.75 Å². The zero-order chi connectivity index (χ0) is 20.7. The van der Waals surface area contributed by atoms with E-state index in [-0.39, 0.29) is 23.7 Å². The Balaban J connectivity index is 1.76. The highest BCUT2D eigenvalue weighted by atomic mass is 19.4. The van der Waals surface area contributed by atoms with Crippen LogP contribution in [-0.2, 0) is 4.79 Å². The van der Waals surface area contributed by atoms with Gasteiger partial charge >= 0.3 is 12.4 Å². The van der Waals surface area contributed by atoms with Gasteiger partial charge in [-0.1, -0.05) is 6.92 Å². The Kier molecular flexibility index (Phi) is 7.50. The molecule has 1 aliphatic rings. The molecule has 0 bridgehead atoms. The van der Waals surface area contributed by atoms with Crippen molar-refractivity contribution in [3.05, 3.63) is 24.3 Å². The van der Waals surface area contributed by atoms with Crippen LogP contribution in [0.15, 0.2) is 24.3 Å². The molecule has 0 aliphatic carbocycles. The number of piperazine rings is 1. The van der Waals surface area contributed by atoms with Crippen LogP contribution in [0, 0.1) is 0 Å². The molecule has 1 saturated heterocycles. The van der Waals surface area contributed by atoms with Crippen molar-refractivity contribution >= 4 is 17.6 Å². The minimum atomic E-state index is -4.75. The minimum absolute atomic E-state index is 0.0339. The van der Waals surface area contributed by atoms with E-state index in [9.17, 15) is 22.8 Å². The molecule has 3 amide bonds. The number of ether oxygens (including phenoxy) is 1. The summed E-state index contributed by atoms with van der Waals surface area (Å²) in [7, 11) is 0. The summed E-state index contributed by atoms with van der Waals surface area (Å²) in [5.41, 5.74) is 0.370. The molecule has 156 valence electrons.